The molecule has 3 aromatic rings. The lowest BCUT2D eigenvalue weighted by molar-refractivity contribution is -0.117. The monoisotopic (exact) mass is 373 g/mol. The number of nitrogens with two attached hydrogens (primary N) is 1. The van der Waals surface area contributed by atoms with Gasteiger partial charge in [-0.2, -0.15) is 0 Å². The third kappa shape index (κ3) is 3.86. The van der Waals surface area contributed by atoms with Gasteiger partial charge in [0.05, 0.1) is 16.6 Å². The van der Waals surface area contributed by atoms with Crippen LogP contribution in [0.15, 0.2) is 52.4 Å². The molecule has 2 N–H and O–H groups in total. The summed E-state index contributed by atoms with van der Waals surface area (Å²) in [5.41, 5.74) is 7.38. The highest BCUT2D eigenvalue weighted by molar-refractivity contribution is 7.99. The van der Waals surface area contributed by atoms with Crippen molar-refractivity contribution in [2.24, 2.45) is 5.73 Å². The van der Waals surface area contributed by atoms with Crippen molar-refractivity contribution in [2.45, 2.75) is 18.5 Å². The third-order valence-electron chi connectivity index (χ3n) is 3.67. The maximum absolute atomic E-state index is 13.0. The van der Waals surface area contributed by atoms with Crippen LogP contribution in [-0.2, 0) is 4.79 Å². The van der Waals surface area contributed by atoms with Crippen LogP contribution in [0.4, 0.5) is 0 Å². The van der Waals surface area contributed by atoms with Gasteiger partial charge in [-0.25, -0.2) is 4.98 Å². The summed E-state index contributed by atoms with van der Waals surface area (Å²) in [6, 6.07) is 12.6. The van der Waals surface area contributed by atoms with E-state index in [2.05, 4.69) is 4.98 Å². The van der Waals surface area contributed by atoms with Crippen molar-refractivity contribution in [3.63, 3.8) is 0 Å². The molecule has 1 aromatic heterocycles. The van der Waals surface area contributed by atoms with Crippen LogP contribution < -0.4 is 11.3 Å². The summed E-state index contributed by atoms with van der Waals surface area (Å²) in [4.78, 5) is 28.6. The standard InChI is InChI=1S/C18H16ClN3O2S/c1-11-2-5-13(6-3-11)22-17(24)14-7-4-12(19)10-15(14)21-18(22)25-9-8-16(20)23/h2-7,10H,8-9H2,1H3,(H2,20,23). The van der Waals surface area contributed by atoms with Crippen molar-refractivity contribution < 1.29 is 4.79 Å². The molecule has 1 heterocycles. The van der Waals surface area contributed by atoms with Crippen molar-refractivity contribution in [2.75, 3.05) is 5.75 Å². The molecule has 0 atom stereocenters. The number of benzene rings is 2. The lowest BCUT2D eigenvalue weighted by Crippen LogP contribution is -2.22. The second-order valence-electron chi connectivity index (χ2n) is 5.60. The largest absolute Gasteiger partial charge is 0.370 e. The van der Waals surface area contributed by atoms with Gasteiger partial charge in [-0.15, -0.1) is 0 Å². The zero-order valence-electron chi connectivity index (χ0n) is 13.5. The number of aryl methyl sites for hydroxylation is 1. The number of rotatable bonds is 5. The van der Waals surface area contributed by atoms with Gasteiger partial charge in [0.25, 0.3) is 5.56 Å². The Hall–Kier alpha value is -2.31. The number of carbonyl (C=O) groups excluding carboxylic acids is 1. The molecule has 0 aliphatic rings. The number of fused-ring (bicyclic) bond motifs is 1. The van der Waals surface area contributed by atoms with Gasteiger partial charge >= 0.3 is 0 Å². The predicted octanol–water partition coefficient (Wildman–Crippen LogP) is 3.32. The maximum Gasteiger partial charge on any atom is 0.266 e. The zero-order valence-corrected chi connectivity index (χ0v) is 15.1. The summed E-state index contributed by atoms with van der Waals surface area (Å²) in [5, 5.41) is 1.51. The number of hydrogen-bond donors (Lipinski definition) is 1. The normalized spacial score (nSPS) is 11.0. The molecule has 0 unspecified atom stereocenters. The minimum atomic E-state index is -0.388. The summed E-state index contributed by atoms with van der Waals surface area (Å²) < 4.78 is 1.56. The molecule has 1 amide bonds. The van der Waals surface area contributed by atoms with Crippen LogP contribution in [0.5, 0.6) is 0 Å². The Balaban J connectivity index is 2.18. The number of carbonyl (C=O) groups is 1. The smallest absolute Gasteiger partial charge is 0.266 e. The van der Waals surface area contributed by atoms with Crippen LogP contribution in [0.1, 0.15) is 12.0 Å². The zero-order chi connectivity index (χ0) is 18.0. The summed E-state index contributed by atoms with van der Waals surface area (Å²) >= 11 is 7.34. The molecular formula is C18H16ClN3O2S. The van der Waals surface area contributed by atoms with Gasteiger partial charge in [0.1, 0.15) is 0 Å². The van der Waals surface area contributed by atoms with Crippen LogP contribution in [0.25, 0.3) is 16.6 Å². The molecule has 25 heavy (non-hydrogen) atoms. The summed E-state index contributed by atoms with van der Waals surface area (Å²) in [7, 11) is 0. The van der Waals surface area contributed by atoms with Crippen molar-refractivity contribution in [1.29, 1.82) is 0 Å². The molecule has 0 radical (unpaired) electrons. The van der Waals surface area contributed by atoms with Crippen molar-refractivity contribution in [3.8, 4) is 5.69 Å². The van der Waals surface area contributed by atoms with E-state index in [9.17, 15) is 9.59 Å². The lowest BCUT2D eigenvalue weighted by Gasteiger charge is -2.13. The van der Waals surface area contributed by atoms with Crippen molar-refractivity contribution in [1.82, 2.24) is 9.55 Å². The molecule has 128 valence electrons. The minimum Gasteiger partial charge on any atom is -0.370 e. The first kappa shape index (κ1) is 17.5. The van der Waals surface area contributed by atoms with Gasteiger partial charge in [-0.1, -0.05) is 41.1 Å². The lowest BCUT2D eigenvalue weighted by atomic mass is 10.2. The molecule has 7 heteroatoms. The second kappa shape index (κ2) is 7.29. The topological polar surface area (TPSA) is 78.0 Å². The fourth-order valence-corrected chi connectivity index (χ4v) is 3.53. The highest BCUT2D eigenvalue weighted by Crippen LogP contribution is 2.23. The van der Waals surface area contributed by atoms with Crippen molar-refractivity contribution >= 4 is 40.2 Å². The number of aromatic nitrogens is 2. The molecular weight excluding hydrogens is 358 g/mol. The molecule has 2 aromatic carbocycles. The quantitative estimate of drug-likeness (QED) is 0.549. The van der Waals surface area contributed by atoms with Gasteiger partial charge in [-0.3, -0.25) is 14.2 Å². The van der Waals surface area contributed by atoms with E-state index in [1.54, 1.807) is 22.8 Å². The molecule has 0 spiro atoms. The van der Waals surface area contributed by atoms with Gasteiger partial charge < -0.3 is 5.73 Å². The molecule has 0 aliphatic carbocycles. The Labute approximate surface area is 153 Å². The van der Waals surface area contributed by atoms with E-state index in [1.807, 2.05) is 31.2 Å². The number of amides is 1. The number of halogens is 1. The van der Waals surface area contributed by atoms with E-state index < -0.39 is 0 Å². The molecule has 3 rings (SSSR count). The Bertz CT molecular complexity index is 1000. The average Bonchev–Trinajstić information content (AvgIpc) is 2.56. The highest BCUT2D eigenvalue weighted by Gasteiger charge is 2.14. The Morgan fingerprint density at radius 1 is 1.24 bits per heavy atom. The first-order valence-corrected chi connectivity index (χ1v) is 9.02. The van der Waals surface area contributed by atoms with Crippen LogP contribution in [0.2, 0.25) is 5.02 Å². The van der Waals surface area contributed by atoms with E-state index >= 15 is 0 Å². The fourth-order valence-electron chi connectivity index (χ4n) is 2.40. The highest BCUT2D eigenvalue weighted by atomic mass is 35.5. The average molecular weight is 374 g/mol. The van der Waals surface area contributed by atoms with Gasteiger partial charge in [0, 0.05) is 17.2 Å². The first-order chi connectivity index (χ1) is 12.0. The van der Waals surface area contributed by atoms with Gasteiger partial charge in [0.2, 0.25) is 5.91 Å². The molecule has 5 nitrogen and oxygen atoms in total. The van der Waals surface area contributed by atoms with Gasteiger partial charge in [-0.05, 0) is 37.3 Å². The molecule has 0 fully saturated rings. The number of hydrogen-bond acceptors (Lipinski definition) is 4. The summed E-state index contributed by atoms with van der Waals surface area (Å²) in [6.07, 6.45) is 0.210. The third-order valence-corrected chi connectivity index (χ3v) is 4.85. The van der Waals surface area contributed by atoms with E-state index in [-0.39, 0.29) is 17.9 Å². The number of nitrogens with zero attached hydrogens (tertiary/aromatic N) is 2. The Morgan fingerprint density at radius 2 is 1.96 bits per heavy atom. The Kier molecular flexibility index (Phi) is 5.11. The number of thioether (sulfide) groups is 1. The number of primary amides is 1. The van der Waals surface area contributed by atoms with E-state index in [1.165, 1.54) is 11.8 Å². The molecule has 0 aliphatic heterocycles. The SMILES string of the molecule is Cc1ccc(-n2c(SCCC(N)=O)nc3cc(Cl)ccc3c2=O)cc1. The van der Waals surface area contributed by atoms with E-state index in [0.717, 1.165) is 11.3 Å². The van der Waals surface area contributed by atoms with E-state index in [0.29, 0.717) is 26.8 Å². The molecule has 0 saturated carbocycles. The molecule has 0 bridgehead atoms. The van der Waals surface area contributed by atoms with Crippen LogP contribution >= 0.6 is 23.4 Å². The Morgan fingerprint density at radius 3 is 2.64 bits per heavy atom. The fraction of sp³-hybridized carbons (Fsp3) is 0.167. The summed E-state index contributed by atoms with van der Waals surface area (Å²) in [5.74, 6) is 0.0558. The van der Waals surface area contributed by atoms with Gasteiger partial charge in [0.15, 0.2) is 5.16 Å². The van der Waals surface area contributed by atoms with E-state index in [4.69, 9.17) is 17.3 Å². The summed E-state index contributed by atoms with van der Waals surface area (Å²) in [6.45, 7) is 1.98. The first-order valence-electron chi connectivity index (χ1n) is 7.66. The van der Waals surface area contributed by atoms with Crippen LogP contribution in [0, 0.1) is 6.92 Å². The van der Waals surface area contributed by atoms with Crippen LogP contribution in [0.3, 0.4) is 0 Å². The predicted molar refractivity (Wildman–Crippen MR) is 102 cm³/mol. The van der Waals surface area contributed by atoms with Crippen LogP contribution in [-0.4, -0.2) is 21.2 Å². The maximum atomic E-state index is 13.0. The minimum absolute atomic E-state index is 0.174. The molecule has 0 saturated heterocycles. The van der Waals surface area contributed by atoms with Crippen molar-refractivity contribution in [3.05, 3.63) is 63.4 Å². The second-order valence-corrected chi connectivity index (χ2v) is 7.10.